The highest BCUT2D eigenvalue weighted by Crippen LogP contribution is 2.30. The van der Waals surface area contributed by atoms with Gasteiger partial charge in [0.25, 0.3) is 0 Å². The molecule has 0 amide bonds. The second kappa shape index (κ2) is 2.63. The highest BCUT2D eigenvalue weighted by Gasteiger charge is 2.31. The van der Waals surface area contributed by atoms with E-state index in [4.69, 9.17) is 5.73 Å². The van der Waals surface area contributed by atoms with Crippen LogP contribution in [0.2, 0.25) is 0 Å². The van der Waals surface area contributed by atoms with Crippen LogP contribution in [0.15, 0.2) is 18.5 Å². The molecule has 0 saturated heterocycles. The number of pyridine rings is 1. The summed E-state index contributed by atoms with van der Waals surface area (Å²) in [5, 5.41) is 0. The van der Waals surface area contributed by atoms with Gasteiger partial charge in [0, 0.05) is 12.4 Å². The third-order valence-electron chi connectivity index (χ3n) is 1.87. The molecule has 2 rings (SSSR count). The van der Waals surface area contributed by atoms with Crippen molar-refractivity contribution in [3.63, 3.8) is 0 Å². The molecule has 0 spiro atoms. The molecule has 0 aliphatic heterocycles. The molecule has 2 heterocycles. The minimum atomic E-state index is -4.37. The van der Waals surface area contributed by atoms with E-state index in [9.17, 15) is 13.2 Å². The Morgan fingerprint density at radius 2 is 2.07 bits per heavy atom. The third-order valence-corrected chi connectivity index (χ3v) is 1.87. The number of aromatic nitrogens is 2. The molecule has 0 saturated carbocycles. The van der Waals surface area contributed by atoms with Gasteiger partial charge in [-0.15, -0.1) is 0 Å². The molecule has 74 valence electrons. The van der Waals surface area contributed by atoms with Crippen molar-refractivity contribution in [3.05, 3.63) is 24.0 Å². The van der Waals surface area contributed by atoms with Gasteiger partial charge in [0.1, 0.15) is 5.52 Å². The lowest BCUT2D eigenvalue weighted by molar-refractivity contribution is -0.137. The van der Waals surface area contributed by atoms with Gasteiger partial charge in [-0.05, 0) is 6.07 Å². The number of anilines is 1. The Kier molecular flexibility index (Phi) is 1.67. The summed E-state index contributed by atoms with van der Waals surface area (Å²) in [7, 11) is 0. The number of nitrogens with zero attached hydrogens (tertiary/aromatic N) is 1. The van der Waals surface area contributed by atoms with E-state index in [1.165, 1.54) is 6.20 Å². The number of nitrogens with two attached hydrogens (primary N) is 1. The average molecular weight is 201 g/mol. The number of alkyl halides is 3. The molecule has 0 aromatic carbocycles. The monoisotopic (exact) mass is 201 g/mol. The number of hydrogen-bond acceptors (Lipinski definition) is 2. The lowest BCUT2D eigenvalue weighted by Gasteiger charge is -2.04. The number of nitrogens with one attached hydrogen (secondary N) is 1. The molecule has 0 aliphatic carbocycles. The lowest BCUT2D eigenvalue weighted by atomic mass is 10.2. The van der Waals surface area contributed by atoms with E-state index in [-0.39, 0.29) is 5.52 Å². The number of halogens is 3. The molecule has 2 aromatic rings. The molecule has 14 heavy (non-hydrogen) atoms. The molecule has 0 radical (unpaired) electrons. The van der Waals surface area contributed by atoms with Gasteiger partial charge in [0.2, 0.25) is 0 Å². The number of nitrogen functional groups attached to an aromatic ring is 1. The fraction of sp³-hybridized carbons (Fsp3) is 0.125. The van der Waals surface area contributed by atoms with Crippen LogP contribution in [0.4, 0.5) is 18.9 Å². The molecule has 0 unspecified atom stereocenters. The van der Waals surface area contributed by atoms with Crippen molar-refractivity contribution >= 4 is 16.7 Å². The minimum Gasteiger partial charge on any atom is -0.396 e. The fourth-order valence-electron chi connectivity index (χ4n) is 1.18. The third kappa shape index (κ3) is 1.28. The Morgan fingerprint density at radius 3 is 2.71 bits per heavy atom. The van der Waals surface area contributed by atoms with E-state index in [2.05, 4.69) is 9.97 Å². The maximum atomic E-state index is 12.2. The van der Waals surface area contributed by atoms with Crippen molar-refractivity contribution in [3.8, 4) is 0 Å². The highest BCUT2D eigenvalue weighted by atomic mass is 19.4. The fourth-order valence-corrected chi connectivity index (χ4v) is 1.18. The zero-order valence-corrected chi connectivity index (χ0v) is 6.89. The number of hydrogen-bond donors (Lipinski definition) is 2. The SMILES string of the molecule is Nc1c[nH]c2cc(C(F)(F)F)cnc12. The topological polar surface area (TPSA) is 54.7 Å². The molecule has 0 fully saturated rings. The van der Waals surface area contributed by atoms with Gasteiger partial charge in [-0.1, -0.05) is 0 Å². The van der Waals surface area contributed by atoms with E-state index in [0.717, 1.165) is 12.3 Å². The quantitative estimate of drug-likeness (QED) is 0.686. The van der Waals surface area contributed by atoms with Crippen molar-refractivity contribution in [1.82, 2.24) is 9.97 Å². The maximum absolute atomic E-state index is 12.2. The summed E-state index contributed by atoms with van der Waals surface area (Å²) in [6, 6.07) is 0.985. The van der Waals surface area contributed by atoms with Crippen LogP contribution in [0.3, 0.4) is 0 Å². The normalized spacial score (nSPS) is 12.2. The summed E-state index contributed by atoms with van der Waals surface area (Å²) in [5.74, 6) is 0. The Bertz CT molecular complexity index is 472. The van der Waals surface area contributed by atoms with E-state index in [1.54, 1.807) is 0 Å². The van der Waals surface area contributed by atoms with E-state index >= 15 is 0 Å². The van der Waals surface area contributed by atoms with Crippen LogP contribution in [-0.2, 0) is 6.18 Å². The second-order valence-corrected chi connectivity index (χ2v) is 2.86. The maximum Gasteiger partial charge on any atom is 0.417 e. The molecular formula is C8H6F3N3. The zero-order chi connectivity index (χ0) is 10.3. The number of fused-ring (bicyclic) bond motifs is 1. The summed E-state index contributed by atoms with van der Waals surface area (Å²) in [6.07, 6.45) is -2.19. The molecule has 6 heteroatoms. The van der Waals surface area contributed by atoms with E-state index in [0.29, 0.717) is 11.2 Å². The first kappa shape index (κ1) is 8.86. The molecule has 0 aliphatic rings. The van der Waals surface area contributed by atoms with Crippen LogP contribution < -0.4 is 5.73 Å². The number of rotatable bonds is 0. The minimum absolute atomic E-state index is 0.289. The van der Waals surface area contributed by atoms with Crippen molar-refractivity contribution < 1.29 is 13.2 Å². The van der Waals surface area contributed by atoms with E-state index < -0.39 is 11.7 Å². The standard InChI is InChI=1S/C8H6F3N3/c9-8(10,11)4-1-6-7(14-2-4)5(12)3-13-6/h1-3,13H,12H2. The van der Waals surface area contributed by atoms with Crippen molar-refractivity contribution in [1.29, 1.82) is 0 Å². The van der Waals surface area contributed by atoms with E-state index in [1.807, 2.05) is 0 Å². The van der Waals surface area contributed by atoms with Crippen LogP contribution >= 0.6 is 0 Å². The van der Waals surface area contributed by atoms with Crippen LogP contribution in [0.25, 0.3) is 11.0 Å². The Morgan fingerprint density at radius 1 is 1.36 bits per heavy atom. The van der Waals surface area contributed by atoms with Crippen molar-refractivity contribution in [2.45, 2.75) is 6.18 Å². The van der Waals surface area contributed by atoms with Crippen molar-refractivity contribution in [2.24, 2.45) is 0 Å². The summed E-state index contributed by atoms with van der Waals surface area (Å²) < 4.78 is 36.7. The predicted octanol–water partition coefficient (Wildman–Crippen LogP) is 2.16. The van der Waals surface area contributed by atoms with Gasteiger partial charge in [0.15, 0.2) is 0 Å². The molecule has 3 N–H and O–H groups in total. The lowest BCUT2D eigenvalue weighted by Crippen LogP contribution is -2.05. The molecule has 3 nitrogen and oxygen atoms in total. The largest absolute Gasteiger partial charge is 0.417 e. The van der Waals surface area contributed by atoms with Gasteiger partial charge in [-0.25, -0.2) is 0 Å². The summed E-state index contributed by atoms with van der Waals surface area (Å²) >= 11 is 0. The first-order valence-electron chi connectivity index (χ1n) is 3.78. The summed E-state index contributed by atoms with van der Waals surface area (Å²) in [6.45, 7) is 0. The van der Waals surface area contributed by atoms with Crippen molar-refractivity contribution in [2.75, 3.05) is 5.73 Å². The van der Waals surface area contributed by atoms with Gasteiger partial charge >= 0.3 is 6.18 Å². The highest BCUT2D eigenvalue weighted by molar-refractivity contribution is 5.87. The molecule has 0 atom stereocenters. The van der Waals surface area contributed by atoms with Gasteiger partial charge in [0.05, 0.1) is 16.8 Å². The Balaban J connectivity index is 2.63. The molecule has 2 aromatic heterocycles. The van der Waals surface area contributed by atoms with Crippen LogP contribution in [-0.4, -0.2) is 9.97 Å². The zero-order valence-electron chi connectivity index (χ0n) is 6.89. The molecular weight excluding hydrogens is 195 g/mol. The van der Waals surface area contributed by atoms with Gasteiger partial charge < -0.3 is 10.7 Å². The first-order valence-corrected chi connectivity index (χ1v) is 3.78. The number of H-pyrrole nitrogens is 1. The summed E-state index contributed by atoms with van der Waals surface area (Å²) in [4.78, 5) is 6.24. The van der Waals surface area contributed by atoms with Gasteiger partial charge in [-0.3, -0.25) is 4.98 Å². The van der Waals surface area contributed by atoms with Crippen LogP contribution in [0.5, 0.6) is 0 Å². The van der Waals surface area contributed by atoms with Crippen LogP contribution in [0, 0.1) is 0 Å². The predicted molar refractivity (Wildman–Crippen MR) is 45.5 cm³/mol. The average Bonchev–Trinajstić information content (AvgIpc) is 2.46. The van der Waals surface area contributed by atoms with Crippen LogP contribution in [0.1, 0.15) is 5.56 Å². The second-order valence-electron chi connectivity index (χ2n) is 2.86. The Labute approximate surface area is 76.7 Å². The molecule has 0 bridgehead atoms. The number of aromatic amines is 1. The Hall–Kier alpha value is -1.72. The first-order chi connectivity index (χ1) is 6.48. The van der Waals surface area contributed by atoms with Gasteiger partial charge in [-0.2, -0.15) is 13.2 Å². The smallest absolute Gasteiger partial charge is 0.396 e. The summed E-state index contributed by atoms with van der Waals surface area (Å²) in [5.41, 5.74) is 5.66.